The Morgan fingerprint density at radius 2 is 2.25 bits per heavy atom. The first-order valence-electron chi connectivity index (χ1n) is 6.28. The fourth-order valence-corrected chi connectivity index (χ4v) is 2.75. The van der Waals surface area contributed by atoms with E-state index in [-0.39, 0.29) is 5.54 Å². The summed E-state index contributed by atoms with van der Waals surface area (Å²) in [7, 11) is 0. The minimum Gasteiger partial charge on any atom is -0.333 e. The van der Waals surface area contributed by atoms with Gasteiger partial charge in [0.1, 0.15) is 0 Å². The molecule has 1 fully saturated rings. The highest BCUT2D eigenvalue weighted by Crippen LogP contribution is 2.33. The van der Waals surface area contributed by atoms with Gasteiger partial charge in [0.05, 0.1) is 17.6 Å². The molecule has 2 unspecified atom stereocenters. The van der Waals surface area contributed by atoms with Crippen molar-refractivity contribution in [3.05, 3.63) is 18.2 Å². The zero-order valence-electron chi connectivity index (χ0n) is 10.6. The van der Waals surface area contributed by atoms with Crippen molar-refractivity contribution in [1.29, 1.82) is 0 Å². The molecule has 1 aromatic heterocycles. The highest BCUT2D eigenvalue weighted by Gasteiger charge is 2.26. The van der Waals surface area contributed by atoms with E-state index in [1.807, 2.05) is 26.4 Å². The Morgan fingerprint density at radius 1 is 1.50 bits per heavy atom. The molecular formula is C13H23N3. The van der Waals surface area contributed by atoms with Gasteiger partial charge in [0.2, 0.25) is 0 Å². The molecule has 1 aromatic rings. The van der Waals surface area contributed by atoms with Crippen molar-refractivity contribution in [2.24, 2.45) is 17.6 Å². The van der Waals surface area contributed by atoms with Gasteiger partial charge in [-0.1, -0.05) is 19.8 Å². The summed E-state index contributed by atoms with van der Waals surface area (Å²) in [6.07, 6.45) is 7.93. The van der Waals surface area contributed by atoms with E-state index < -0.39 is 0 Å². The van der Waals surface area contributed by atoms with Crippen molar-refractivity contribution >= 4 is 0 Å². The zero-order chi connectivity index (χ0) is 11.8. The van der Waals surface area contributed by atoms with Crippen molar-refractivity contribution in [3.63, 3.8) is 0 Å². The van der Waals surface area contributed by atoms with Crippen LogP contribution in [0, 0.1) is 11.8 Å². The van der Waals surface area contributed by atoms with Crippen LogP contribution in [-0.2, 0) is 12.1 Å². The molecule has 1 aliphatic rings. The summed E-state index contributed by atoms with van der Waals surface area (Å²) < 4.78 is 2.24. The molecule has 1 aliphatic carbocycles. The lowest BCUT2D eigenvalue weighted by Crippen LogP contribution is -2.32. The molecular weight excluding hydrogens is 198 g/mol. The molecule has 16 heavy (non-hydrogen) atoms. The van der Waals surface area contributed by atoms with Gasteiger partial charge in [-0.2, -0.15) is 0 Å². The lowest BCUT2D eigenvalue weighted by molar-refractivity contribution is 0.348. The Balaban J connectivity index is 2.13. The highest BCUT2D eigenvalue weighted by atomic mass is 15.1. The molecule has 1 saturated carbocycles. The lowest BCUT2D eigenvalue weighted by Gasteiger charge is -2.23. The summed E-state index contributed by atoms with van der Waals surface area (Å²) in [4.78, 5) is 4.24. The summed E-state index contributed by atoms with van der Waals surface area (Å²) in [5.74, 6) is 1.64. The molecule has 3 nitrogen and oxygen atoms in total. The van der Waals surface area contributed by atoms with E-state index in [0.717, 1.165) is 24.1 Å². The second-order valence-corrected chi connectivity index (χ2v) is 5.82. The van der Waals surface area contributed by atoms with Gasteiger partial charge in [-0.25, -0.2) is 4.98 Å². The van der Waals surface area contributed by atoms with Gasteiger partial charge in [0, 0.05) is 12.7 Å². The molecule has 1 heterocycles. The molecule has 2 atom stereocenters. The van der Waals surface area contributed by atoms with Crippen LogP contribution in [0.4, 0.5) is 0 Å². The largest absolute Gasteiger partial charge is 0.333 e. The molecule has 0 bridgehead atoms. The monoisotopic (exact) mass is 221 g/mol. The van der Waals surface area contributed by atoms with Crippen molar-refractivity contribution in [2.75, 3.05) is 0 Å². The normalized spacial score (nSPS) is 26.2. The van der Waals surface area contributed by atoms with Gasteiger partial charge >= 0.3 is 0 Å². The van der Waals surface area contributed by atoms with Gasteiger partial charge in [-0.05, 0) is 32.1 Å². The van der Waals surface area contributed by atoms with Crippen LogP contribution in [0.15, 0.2) is 12.5 Å². The van der Waals surface area contributed by atoms with E-state index in [0.29, 0.717) is 0 Å². The van der Waals surface area contributed by atoms with Gasteiger partial charge in [0.25, 0.3) is 0 Å². The summed E-state index contributed by atoms with van der Waals surface area (Å²) in [6.45, 7) is 7.52. The summed E-state index contributed by atoms with van der Waals surface area (Å²) in [5, 5.41) is 0. The highest BCUT2D eigenvalue weighted by molar-refractivity contribution is 5.10. The standard InChI is InChI=1S/C13H23N3/c1-10-5-4-6-11(10)8-16-9-15-7-12(16)13(2,3)14/h7,9-11H,4-6,8,14H2,1-3H3. The Kier molecular flexibility index (Phi) is 3.06. The lowest BCUT2D eigenvalue weighted by atomic mass is 9.97. The number of rotatable bonds is 3. The SMILES string of the molecule is CC1CCCC1Cn1cncc1C(C)(C)N. The maximum absolute atomic E-state index is 6.15. The first-order chi connectivity index (χ1) is 7.48. The summed E-state index contributed by atoms with van der Waals surface area (Å²) in [6, 6.07) is 0. The Hall–Kier alpha value is -0.830. The molecule has 90 valence electrons. The van der Waals surface area contributed by atoms with Crippen LogP contribution in [0.1, 0.15) is 45.7 Å². The van der Waals surface area contributed by atoms with Crippen molar-refractivity contribution in [1.82, 2.24) is 9.55 Å². The summed E-state index contributed by atoms with van der Waals surface area (Å²) >= 11 is 0. The van der Waals surface area contributed by atoms with E-state index in [9.17, 15) is 0 Å². The zero-order valence-corrected chi connectivity index (χ0v) is 10.6. The predicted octanol–water partition coefficient (Wildman–Crippen LogP) is 2.51. The van der Waals surface area contributed by atoms with E-state index in [1.54, 1.807) is 0 Å². The van der Waals surface area contributed by atoms with Gasteiger partial charge < -0.3 is 10.3 Å². The maximum Gasteiger partial charge on any atom is 0.0948 e. The molecule has 3 heteroatoms. The maximum atomic E-state index is 6.15. The van der Waals surface area contributed by atoms with Crippen LogP contribution < -0.4 is 5.73 Å². The minimum absolute atomic E-state index is 0.293. The van der Waals surface area contributed by atoms with Crippen LogP contribution >= 0.6 is 0 Å². The molecule has 2 N–H and O–H groups in total. The fraction of sp³-hybridized carbons (Fsp3) is 0.769. The average molecular weight is 221 g/mol. The van der Waals surface area contributed by atoms with Gasteiger partial charge in [-0.15, -0.1) is 0 Å². The number of hydrogen-bond donors (Lipinski definition) is 1. The van der Waals surface area contributed by atoms with Crippen molar-refractivity contribution in [2.45, 2.75) is 52.1 Å². The second-order valence-electron chi connectivity index (χ2n) is 5.82. The minimum atomic E-state index is -0.293. The molecule has 0 saturated heterocycles. The number of hydrogen-bond acceptors (Lipinski definition) is 2. The molecule has 0 radical (unpaired) electrons. The number of nitrogens with two attached hydrogens (primary N) is 1. The number of imidazole rings is 1. The fourth-order valence-electron chi connectivity index (χ4n) is 2.75. The number of nitrogens with zero attached hydrogens (tertiary/aromatic N) is 2. The van der Waals surface area contributed by atoms with Crippen LogP contribution in [0.2, 0.25) is 0 Å². The molecule has 0 aromatic carbocycles. The molecule has 0 aliphatic heterocycles. The van der Waals surface area contributed by atoms with E-state index in [4.69, 9.17) is 5.73 Å². The quantitative estimate of drug-likeness (QED) is 0.852. The Labute approximate surface area is 98.1 Å². The van der Waals surface area contributed by atoms with E-state index in [2.05, 4.69) is 16.5 Å². The van der Waals surface area contributed by atoms with E-state index in [1.165, 1.54) is 19.3 Å². The van der Waals surface area contributed by atoms with Crippen LogP contribution in [0.3, 0.4) is 0 Å². The first kappa shape index (κ1) is 11.6. The predicted molar refractivity (Wildman–Crippen MR) is 65.9 cm³/mol. The van der Waals surface area contributed by atoms with Crippen LogP contribution in [-0.4, -0.2) is 9.55 Å². The second kappa shape index (κ2) is 4.21. The molecule has 2 rings (SSSR count). The summed E-state index contributed by atoms with van der Waals surface area (Å²) in [5.41, 5.74) is 7.00. The van der Waals surface area contributed by atoms with Gasteiger partial charge in [0.15, 0.2) is 0 Å². The molecule has 0 amide bonds. The topological polar surface area (TPSA) is 43.8 Å². The Morgan fingerprint density at radius 3 is 2.81 bits per heavy atom. The first-order valence-corrected chi connectivity index (χ1v) is 6.28. The third kappa shape index (κ3) is 2.29. The van der Waals surface area contributed by atoms with Crippen LogP contribution in [0.5, 0.6) is 0 Å². The Bertz CT molecular complexity index is 348. The number of aromatic nitrogens is 2. The van der Waals surface area contributed by atoms with Crippen molar-refractivity contribution < 1.29 is 0 Å². The van der Waals surface area contributed by atoms with Crippen LogP contribution in [0.25, 0.3) is 0 Å². The van der Waals surface area contributed by atoms with Crippen molar-refractivity contribution in [3.8, 4) is 0 Å². The average Bonchev–Trinajstić information content (AvgIpc) is 2.76. The third-order valence-corrected chi connectivity index (χ3v) is 3.84. The smallest absolute Gasteiger partial charge is 0.0948 e. The van der Waals surface area contributed by atoms with Gasteiger partial charge in [-0.3, -0.25) is 0 Å². The molecule has 0 spiro atoms. The third-order valence-electron chi connectivity index (χ3n) is 3.84. The van der Waals surface area contributed by atoms with E-state index >= 15 is 0 Å².